The number of anilines is 1. The number of amides is 2. The van der Waals surface area contributed by atoms with E-state index < -0.39 is 11.8 Å². The maximum atomic E-state index is 11.3. The summed E-state index contributed by atoms with van der Waals surface area (Å²) in [4.78, 5) is 22.5. The van der Waals surface area contributed by atoms with Gasteiger partial charge in [0.15, 0.2) is 0 Å². The third-order valence-electron chi connectivity index (χ3n) is 2.86. The van der Waals surface area contributed by atoms with Gasteiger partial charge in [0.1, 0.15) is 5.76 Å². The van der Waals surface area contributed by atoms with Gasteiger partial charge in [-0.1, -0.05) is 0 Å². The fourth-order valence-corrected chi connectivity index (χ4v) is 1.85. The van der Waals surface area contributed by atoms with E-state index in [0.29, 0.717) is 5.69 Å². The lowest BCUT2D eigenvalue weighted by Gasteiger charge is -2.14. The molecule has 0 fully saturated rings. The first-order valence-electron chi connectivity index (χ1n) is 6.02. The molecule has 2 amide bonds. The molecule has 2 aromatic rings. The number of benzene rings is 1. The molecular formula is C14H15N3O3. The van der Waals surface area contributed by atoms with Gasteiger partial charge >= 0.3 is 0 Å². The Morgan fingerprint density at radius 1 is 1.15 bits per heavy atom. The Morgan fingerprint density at radius 2 is 1.75 bits per heavy atom. The topological polar surface area (TPSA) is 111 Å². The third kappa shape index (κ3) is 2.97. The van der Waals surface area contributed by atoms with E-state index in [1.54, 1.807) is 24.5 Å². The number of furan rings is 1. The van der Waals surface area contributed by atoms with Gasteiger partial charge in [-0.3, -0.25) is 9.59 Å². The highest BCUT2D eigenvalue weighted by molar-refractivity contribution is 5.99. The van der Waals surface area contributed by atoms with Crippen LogP contribution >= 0.6 is 0 Å². The van der Waals surface area contributed by atoms with Gasteiger partial charge in [0.25, 0.3) is 0 Å². The van der Waals surface area contributed by atoms with Crippen molar-refractivity contribution in [2.45, 2.75) is 13.0 Å². The van der Waals surface area contributed by atoms with Crippen molar-refractivity contribution in [1.29, 1.82) is 0 Å². The highest BCUT2D eigenvalue weighted by Crippen LogP contribution is 2.22. The molecule has 0 aliphatic rings. The van der Waals surface area contributed by atoms with E-state index >= 15 is 0 Å². The van der Waals surface area contributed by atoms with Crippen LogP contribution in [-0.2, 0) is 0 Å². The molecule has 6 nitrogen and oxygen atoms in total. The lowest BCUT2D eigenvalue weighted by atomic mass is 10.1. The van der Waals surface area contributed by atoms with Crippen molar-refractivity contribution in [3.63, 3.8) is 0 Å². The highest BCUT2D eigenvalue weighted by Gasteiger charge is 2.12. The third-order valence-corrected chi connectivity index (χ3v) is 2.86. The first kappa shape index (κ1) is 13.7. The number of carbonyl (C=O) groups is 2. The minimum Gasteiger partial charge on any atom is -0.467 e. The number of hydrogen-bond acceptors (Lipinski definition) is 4. The predicted octanol–water partition coefficient (Wildman–Crippen LogP) is 1.65. The summed E-state index contributed by atoms with van der Waals surface area (Å²) in [5.41, 5.74) is 11.5. The molecule has 2 rings (SSSR count). The first-order chi connectivity index (χ1) is 9.47. The number of nitrogens with one attached hydrogen (secondary N) is 1. The average molecular weight is 273 g/mol. The van der Waals surface area contributed by atoms with Gasteiger partial charge < -0.3 is 21.2 Å². The quantitative estimate of drug-likeness (QED) is 0.768. The fraction of sp³-hybridized carbons (Fsp3) is 0.143. The van der Waals surface area contributed by atoms with Gasteiger partial charge in [-0.15, -0.1) is 0 Å². The van der Waals surface area contributed by atoms with Gasteiger partial charge in [-0.25, -0.2) is 0 Å². The molecule has 0 radical (unpaired) electrons. The Balaban J connectivity index is 2.31. The molecule has 6 heteroatoms. The van der Waals surface area contributed by atoms with E-state index in [2.05, 4.69) is 5.32 Å². The van der Waals surface area contributed by atoms with Crippen molar-refractivity contribution in [3.8, 4) is 0 Å². The van der Waals surface area contributed by atoms with Crippen LogP contribution in [0.3, 0.4) is 0 Å². The number of carbonyl (C=O) groups excluding carboxylic acids is 2. The maximum absolute atomic E-state index is 11.3. The fourth-order valence-electron chi connectivity index (χ4n) is 1.85. The van der Waals surface area contributed by atoms with E-state index in [0.717, 1.165) is 5.76 Å². The highest BCUT2D eigenvalue weighted by atomic mass is 16.3. The second kappa shape index (κ2) is 5.48. The van der Waals surface area contributed by atoms with E-state index in [4.69, 9.17) is 15.9 Å². The van der Waals surface area contributed by atoms with Gasteiger partial charge in [-0.05, 0) is 37.3 Å². The zero-order valence-corrected chi connectivity index (χ0v) is 10.9. The standard InChI is InChI=1S/C14H15N3O3/c1-8(12-3-2-4-20-12)17-11-6-9(13(15)18)5-10(7-11)14(16)19/h2-8,17H,1H3,(H2,15,18)(H2,16,19). The minimum atomic E-state index is -0.623. The first-order valence-corrected chi connectivity index (χ1v) is 6.02. The Bertz CT molecular complexity index is 603. The van der Waals surface area contributed by atoms with Gasteiger partial charge in [0.05, 0.1) is 12.3 Å². The molecule has 0 aliphatic heterocycles. The predicted molar refractivity (Wildman–Crippen MR) is 74.2 cm³/mol. The molecular weight excluding hydrogens is 258 g/mol. The van der Waals surface area contributed by atoms with E-state index in [1.165, 1.54) is 6.07 Å². The van der Waals surface area contributed by atoms with Crippen molar-refractivity contribution >= 4 is 17.5 Å². The largest absolute Gasteiger partial charge is 0.467 e. The van der Waals surface area contributed by atoms with Crippen molar-refractivity contribution < 1.29 is 14.0 Å². The normalized spacial score (nSPS) is 11.8. The summed E-state index contributed by atoms with van der Waals surface area (Å²) in [6.45, 7) is 1.89. The summed E-state index contributed by atoms with van der Waals surface area (Å²) in [5, 5.41) is 3.13. The summed E-state index contributed by atoms with van der Waals surface area (Å²) >= 11 is 0. The van der Waals surface area contributed by atoms with Crippen molar-refractivity contribution in [2.75, 3.05) is 5.32 Å². The van der Waals surface area contributed by atoms with Crippen LogP contribution in [0, 0.1) is 0 Å². The zero-order chi connectivity index (χ0) is 14.7. The molecule has 0 aliphatic carbocycles. The summed E-state index contributed by atoms with van der Waals surface area (Å²) in [6, 6.07) is 7.97. The molecule has 104 valence electrons. The Morgan fingerprint density at radius 3 is 2.20 bits per heavy atom. The molecule has 0 saturated heterocycles. The van der Waals surface area contributed by atoms with Crippen LogP contribution in [0.5, 0.6) is 0 Å². The molecule has 0 spiro atoms. The lowest BCUT2D eigenvalue weighted by molar-refractivity contribution is 0.0999. The number of hydrogen-bond donors (Lipinski definition) is 3. The number of rotatable bonds is 5. The van der Waals surface area contributed by atoms with Gasteiger partial charge in [-0.2, -0.15) is 0 Å². The molecule has 1 heterocycles. The summed E-state index contributed by atoms with van der Waals surface area (Å²) in [7, 11) is 0. The summed E-state index contributed by atoms with van der Waals surface area (Å²) in [5.74, 6) is -0.515. The second-order valence-corrected chi connectivity index (χ2v) is 4.41. The summed E-state index contributed by atoms with van der Waals surface area (Å²) in [6.07, 6.45) is 1.57. The van der Waals surface area contributed by atoms with Crippen LogP contribution in [0.15, 0.2) is 41.0 Å². The van der Waals surface area contributed by atoms with Crippen LogP contribution in [0.25, 0.3) is 0 Å². The molecule has 0 bridgehead atoms. The van der Waals surface area contributed by atoms with Crippen LogP contribution in [0.2, 0.25) is 0 Å². The number of primary amides is 2. The Hall–Kier alpha value is -2.76. The van der Waals surface area contributed by atoms with Crippen LogP contribution in [0.4, 0.5) is 5.69 Å². The monoisotopic (exact) mass is 273 g/mol. The van der Waals surface area contributed by atoms with Crippen molar-refractivity contribution in [3.05, 3.63) is 53.5 Å². The van der Waals surface area contributed by atoms with E-state index in [9.17, 15) is 9.59 Å². The zero-order valence-electron chi connectivity index (χ0n) is 10.9. The van der Waals surface area contributed by atoms with Crippen LogP contribution in [-0.4, -0.2) is 11.8 Å². The van der Waals surface area contributed by atoms with Crippen LogP contribution in [0.1, 0.15) is 39.4 Å². The molecule has 20 heavy (non-hydrogen) atoms. The Kier molecular flexibility index (Phi) is 3.74. The van der Waals surface area contributed by atoms with E-state index in [1.807, 2.05) is 13.0 Å². The van der Waals surface area contributed by atoms with Gasteiger partial charge in [0, 0.05) is 16.8 Å². The molecule has 1 atom stereocenters. The number of nitrogens with two attached hydrogens (primary N) is 2. The van der Waals surface area contributed by atoms with Crippen LogP contribution < -0.4 is 16.8 Å². The van der Waals surface area contributed by atoms with Crippen molar-refractivity contribution in [1.82, 2.24) is 0 Å². The second-order valence-electron chi connectivity index (χ2n) is 4.41. The van der Waals surface area contributed by atoms with E-state index in [-0.39, 0.29) is 17.2 Å². The average Bonchev–Trinajstić information content (AvgIpc) is 2.92. The van der Waals surface area contributed by atoms with Crippen molar-refractivity contribution in [2.24, 2.45) is 11.5 Å². The maximum Gasteiger partial charge on any atom is 0.248 e. The SMILES string of the molecule is CC(Nc1cc(C(N)=O)cc(C(N)=O)c1)c1ccco1. The van der Waals surface area contributed by atoms with Gasteiger partial charge in [0.2, 0.25) is 11.8 Å². The summed E-state index contributed by atoms with van der Waals surface area (Å²) < 4.78 is 5.28. The minimum absolute atomic E-state index is 0.131. The molecule has 1 aromatic heterocycles. The lowest BCUT2D eigenvalue weighted by Crippen LogP contribution is -2.17. The molecule has 1 aromatic carbocycles. The smallest absolute Gasteiger partial charge is 0.248 e. The molecule has 1 unspecified atom stereocenters. The molecule has 5 N–H and O–H groups in total. The Labute approximate surface area is 115 Å². The molecule has 0 saturated carbocycles.